The third kappa shape index (κ3) is 3.78. The van der Waals surface area contributed by atoms with Gasteiger partial charge in [0.2, 0.25) is 5.88 Å². The number of hydrogen-bond donors (Lipinski definition) is 4. The zero-order valence-corrected chi connectivity index (χ0v) is 12.7. The van der Waals surface area contributed by atoms with E-state index in [1.807, 2.05) is 0 Å². The van der Waals surface area contributed by atoms with E-state index >= 15 is 0 Å². The molecule has 4 N–H and O–H groups in total. The molecule has 25 heavy (non-hydrogen) atoms. The molecule has 8 nitrogen and oxygen atoms in total. The summed E-state index contributed by atoms with van der Waals surface area (Å²) in [6, 6.07) is 7.88. The van der Waals surface area contributed by atoms with Crippen molar-refractivity contribution in [1.29, 1.82) is 0 Å². The second-order valence-electron chi connectivity index (χ2n) is 4.97. The van der Waals surface area contributed by atoms with Gasteiger partial charge < -0.3 is 15.7 Å². The number of anilines is 2. The number of H-pyrrole nitrogens is 1. The van der Waals surface area contributed by atoms with Crippen molar-refractivity contribution in [2.75, 3.05) is 10.6 Å². The molecule has 126 valence electrons. The van der Waals surface area contributed by atoms with Gasteiger partial charge in [0.15, 0.2) is 5.69 Å². The molecule has 0 atom stereocenters. The first-order valence-electron chi connectivity index (χ1n) is 7.10. The van der Waals surface area contributed by atoms with Gasteiger partial charge in [-0.15, -0.1) is 0 Å². The summed E-state index contributed by atoms with van der Waals surface area (Å²) in [7, 11) is 0. The molecule has 0 aliphatic carbocycles. The highest BCUT2D eigenvalue weighted by molar-refractivity contribution is 6.11. The molecule has 0 aliphatic heterocycles. The average Bonchev–Trinajstić information content (AvgIpc) is 3.05. The minimum absolute atomic E-state index is 0.0376. The van der Waals surface area contributed by atoms with Crippen molar-refractivity contribution < 1.29 is 19.1 Å². The van der Waals surface area contributed by atoms with E-state index in [-0.39, 0.29) is 22.8 Å². The number of nitrogens with one attached hydrogen (secondary N) is 3. The van der Waals surface area contributed by atoms with E-state index in [2.05, 4.69) is 25.8 Å². The van der Waals surface area contributed by atoms with Gasteiger partial charge in [0.25, 0.3) is 11.8 Å². The lowest BCUT2D eigenvalue weighted by Gasteiger charge is -2.06. The molecule has 0 saturated carbocycles. The Bertz CT molecular complexity index is 906. The van der Waals surface area contributed by atoms with Gasteiger partial charge in [-0.3, -0.25) is 14.7 Å². The Morgan fingerprint density at radius 3 is 2.48 bits per heavy atom. The summed E-state index contributed by atoms with van der Waals surface area (Å²) in [5, 5.41) is 20.5. The van der Waals surface area contributed by atoms with Crippen molar-refractivity contribution >= 4 is 23.2 Å². The molecular formula is C16H12FN5O3. The number of carbonyl (C=O) groups excluding carboxylic acids is 2. The Morgan fingerprint density at radius 2 is 1.80 bits per heavy atom. The Labute approximate surface area is 140 Å². The fraction of sp³-hybridized carbons (Fsp3) is 0. The Balaban J connectivity index is 1.73. The lowest BCUT2D eigenvalue weighted by Crippen LogP contribution is -2.18. The molecule has 0 spiro atoms. The van der Waals surface area contributed by atoms with E-state index in [4.69, 9.17) is 5.11 Å². The fourth-order valence-electron chi connectivity index (χ4n) is 2.00. The second kappa shape index (κ2) is 6.79. The predicted molar refractivity (Wildman–Crippen MR) is 86.8 cm³/mol. The van der Waals surface area contributed by atoms with Crippen LogP contribution in [0.3, 0.4) is 0 Å². The van der Waals surface area contributed by atoms with E-state index in [0.717, 1.165) is 0 Å². The predicted octanol–water partition coefficient (Wildman–Crippen LogP) is 2.15. The molecule has 2 heterocycles. The van der Waals surface area contributed by atoms with Gasteiger partial charge in [-0.1, -0.05) is 0 Å². The monoisotopic (exact) mass is 341 g/mol. The highest BCUT2D eigenvalue weighted by Crippen LogP contribution is 2.16. The highest BCUT2D eigenvalue weighted by Gasteiger charge is 2.18. The SMILES string of the molecule is O=C(Nc1c[nH]nc1C(=O)Nc1ccc(F)cc1)c1ccc(O)nc1. The van der Waals surface area contributed by atoms with Gasteiger partial charge in [0, 0.05) is 24.1 Å². The summed E-state index contributed by atoms with van der Waals surface area (Å²) in [5.41, 5.74) is 0.709. The number of hydrogen-bond acceptors (Lipinski definition) is 5. The molecular weight excluding hydrogens is 329 g/mol. The number of aromatic nitrogens is 3. The summed E-state index contributed by atoms with van der Waals surface area (Å²) in [6.45, 7) is 0. The molecule has 3 rings (SSSR count). The Morgan fingerprint density at radius 1 is 1.04 bits per heavy atom. The highest BCUT2D eigenvalue weighted by atomic mass is 19.1. The van der Waals surface area contributed by atoms with Crippen LogP contribution in [-0.2, 0) is 0 Å². The van der Waals surface area contributed by atoms with E-state index in [1.165, 1.54) is 48.8 Å². The maximum atomic E-state index is 12.9. The largest absolute Gasteiger partial charge is 0.493 e. The van der Waals surface area contributed by atoms with Crippen LogP contribution in [-0.4, -0.2) is 32.1 Å². The van der Waals surface area contributed by atoms with Crippen molar-refractivity contribution in [3.8, 4) is 5.88 Å². The molecule has 0 unspecified atom stereocenters. The zero-order chi connectivity index (χ0) is 17.8. The van der Waals surface area contributed by atoms with Crippen LogP contribution in [0.1, 0.15) is 20.8 Å². The van der Waals surface area contributed by atoms with Crippen LogP contribution in [0.4, 0.5) is 15.8 Å². The molecule has 0 saturated heterocycles. The minimum Gasteiger partial charge on any atom is -0.493 e. The number of aromatic amines is 1. The van der Waals surface area contributed by atoms with E-state index in [0.29, 0.717) is 5.69 Å². The molecule has 2 aromatic heterocycles. The summed E-state index contributed by atoms with van der Waals surface area (Å²) in [5.74, 6) is -1.73. The molecule has 0 radical (unpaired) electrons. The topological polar surface area (TPSA) is 120 Å². The smallest absolute Gasteiger partial charge is 0.278 e. The molecule has 1 aromatic carbocycles. The number of nitrogens with zero attached hydrogens (tertiary/aromatic N) is 2. The first-order chi connectivity index (χ1) is 12.0. The van der Waals surface area contributed by atoms with Crippen LogP contribution in [0.25, 0.3) is 0 Å². The number of pyridine rings is 1. The number of aromatic hydroxyl groups is 1. The van der Waals surface area contributed by atoms with Crippen molar-refractivity contribution in [3.63, 3.8) is 0 Å². The third-order valence-corrected chi connectivity index (χ3v) is 3.22. The third-order valence-electron chi connectivity index (χ3n) is 3.22. The van der Waals surface area contributed by atoms with Crippen molar-refractivity contribution in [2.45, 2.75) is 0 Å². The van der Waals surface area contributed by atoms with Crippen LogP contribution in [0.5, 0.6) is 5.88 Å². The summed E-state index contributed by atoms with van der Waals surface area (Å²) in [6.07, 6.45) is 2.55. The Hall–Kier alpha value is -3.75. The molecule has 2 amide bonds. The van der Waals surface area contributed by atoms with Crippen LogP contribution in [0.15, 0.2) is 48.8 Å². The van der Waals surface area contributed by atoms with Crippen LogP contribution >= 0.6 is 0 Å². The fourth-order valence-corrected chi connectivity index (χ4v) is 2.00. The molecule has 0 bridgehead atoms. The van der Waals surface area contributed by atoms with Crippen molar-refractivity contribution in [1.82, 2.24) is 15.2 Å². The van der Waals surface area contributed by atoms with Crippen LogP contribution in [0.2, 0.25) is 0 Å². The van der Waals surface area contributed by atoms with Gasteiger partial charge in [0.1, 0.15) is 5.82 Å². The molecule has 3 aromatic rings. The van der Waals surface area contributed by atoms with E-state index < -0.39 is 17.6 Å². The van der Waals surface area contributed by atoms with Gasteiger partial charge in [-0.2, -0.15) is 5.10 Å². The quantitative estimate of drug-likeness (QED) is 0.579. The number of halogens is 1. The summed E-state index contributed by atoms with van der Waals surface area (Å²) < 4.78 is 12.9. The van der Waals surface area contributed by atoms with Crippen molar-refractivity contribution in [3.05, 3.63) is 65.9 Å². The standard InChI is InChI=1S/C16H12FN5O3/c17-10-2-4-11(5-3-10)20-16(25)14-12(8-19-22-14)21-15(24)9-1-6-13(23)18-7-9/h1-8H,(H,18,23)(H,19,22)(H,20,25)(H,21,24). The first-order valence-corrected chi connectivity index (χ1v) is 7.10. The lowest BCUT2D eigenvalue weighted by atomic mass is 10.2. The van der Waals surface area contributed by atoms with Crippen molar-refractivity contribution in [2.24, 2.45) is 0 Å². The normalized spacial score (nSPS) is 10.3. The number of benzene rings is 1. The summed E-state index contributed by atoms with van der Waals surface area (Å²) in [4.78, 5) is 28.0. The average molecular weight is 341 g/mol. The van der Waals surface area contributed by atoms with E-state index in [9.17, 15) is 14.0 Å². The van der Waals surface area contributed by atoms with Gasteiger partial charge in [-0.25, -0.2) is 9.37 Å². The van der Waals surface area contributed by atoms with Gasteiger partial charge >= 0.3 is 0 Å². The van der Waals surface area contributed by atoms with Gasteiger partial charge in [0.05, 0.1) is 11.3 Å². The van der Waals surface area contributed by atoms with Crippen LogP contribution < -0.4 is 10.6 Å². The maximum absolute atomic E-state index is 12.9. The zero-order valence-electron chi connectivity index (χ0n) is 12.7. The maximum Gasteiger partial charge on any atom is 0.278 e. The Kier molecular flexibility index (Phi) is 4.38. The molecule has 0 fully saturated rings. The second-order valence-corrected chi connectivity index (χ2v) is 4.97. The summed E-state index contributed by atoms with van der Waals surface area (Å²) >= 11 is 0. The molecule has 9 heteroatoms. The first kappa shape index (κ1) is 16.1. The van der Waals surface area contributed by atoms with Crippen LogP contribution in [0, 0.1) is 5.82 Å². The molecule has 0 aliphatic rings. The number of amides is 2. The number of carbonyl (C=O) groups is 2. The van der Waals surface area contributed by atoms with E-state index in [1.54, 1.807) is 0 Å². The lowest BCUT2D eigenvalue weighted by molar-refractivity contribution is 0.102. The van der Waals surface area contributed by atoms with Gasteiger partial charge in [-0.05, 0) is 30.3 Å². The number of rotatable bonds is 4. The minimum atomic E-state index is -0.577.